The Hall–Kier alpha value is -4.27. The molecule has 4 aromatic rings. The number of hydrogen-bond acceptors (Lipinski definition) is 8. The maximum atomic E-state index is 12.3. The second kappa shape index (κ2) is 9.77. The Bertz CT molecular complexity index is 1470. The summed E-state index contributed by atoms with van der Waals surface area (Å²) in [6.07, 6.45) is 8.31. The van der Waals surface area contributed by atoms with Crippen LogP contribution < -0.4 is 26.4 Å². The van der Waals surface area contributed by atoms with Gasteiger partial charge in [-0.15, -0.1) is 0 Å². The molecule has 1 fully saturated rings. The van der Waals surface area contributed by atoms with E-state index in [-0.39, 0.29) is 18.2 Å². The van der Waals surface area contributed by atoms with Gasteiger partial charge in [-0.2, -0.15) is 0 Å². The van der Waals surface area contributed by atoms with E-state index in [9.17, 15) is 19.5 Å². The Balaban J connectivity index is 1.31. The lowest BCUT2D eigenvalue weighted by atomic mass is 9.99. The van der Waals surface area contributed by atoms with Crippen molar-refractivity contribution in [1.29, 1.82) is 0 Å². The molecule has 9 heteroatoms. The molecule has 0 aliphatic carbocycles. The van der Waals surface area contributed by atoms with E-state index in [0.29, 0.717) is 18.1 Å². The predicted octanol–water partition coefficient (Wildman–Crippen LogP) is 3.46. The zero-order valence-corrected chi connectivity index (χ0v) is 19.9. The maximum Gasteiger partial charge on any atom is 0.326 e. The topological polar surface area (TPSA) is 125 Å². The summed E-state index contributed by atoms with van der Waals surface area (Å²) in [5, 5.41) is 17.9. The average molecular weight is 486 g/mol. The molecular formula is C27H27N5O4. The third kappa shape index (κ3) is 4.51. The van der Waals surface area contributed by atoms with Crippen molar-refractivity contribution < 1.29 is 9.90 Å². The number of nitrogens with one attached hydrogen (secondary N) is 2. The minimum atomic E-state index is -1.09. The van der Waals surface area contributed by atoms with E-state index in [0.717, 1.165) is 41.3 Å². The molecule has 36 heavy (non-hydrogen) atoms. The van der Waals surface area contributed by atoms with Crippen LogP contribution in [0.2, 0.25) is 0 Å². The molecule has 5 rings (SSSR count). The van der Waals surface area contributed by atoms with Crippen molar-refractivity contribution in [1.82, 2.24) is 9.97 Å². The molecule has 3 heterocycles. The van der Waals surface area contributed by atoms with Crippen LogP contribution in [0.4, 0.5) is 22.9 Å². The number of piperidine rings is 1. The van der Waals surface area contributed by atoms with Gasteiger partial charge in [0.2, 0.25) is 0 Å². The van der Waals surface area contributed by atoms with E-state index in [1.165, 1.54) is 0 Å². The van der Waals surface area contributed by atoms with Gasteiger partial charge in [0.1, 0.15) is 23.2 Å². The highest BCUT2D eigenvalue weighted by Crippen LogP contribution is 2.29. The first kappa shape index (κ1) is 23.5. The molecule has 184 valence electrons. The first-order valence-electron chi connectivity index (χ1n) is 12.1. The van der Waals surface area contributed by atoms with Gasteiger partial charge in [-0.05, 0) is 56.0 Å². The third-order valence-corrected chi connectivity index (χ3v) is 6.81. The Morgan fingerprint density at radius 1 is 1.11 bits per heavy atom. The van der Waals surface area contributed by atoms with Gasteiger partial charge in [-0.25, -0.2) is 9.78 Å². The van der Waals surface area contributed by atoms with Crippen LogP contribution in [0.1, 0.15) is 31.7 Å². The number of aliphatic carboxylic acids is 1. The van der Waals surface area contributed by atoms with Gasteiger partial charge in [-0.3, -0.25) is 14.6 Å². The molecule has 0 bridgehead atoms. The summed E-state index contributed by atoms with van der Waals surface area (Å²) in [5.74, 6) is -0.385. The van der Waals surface area contributed by atoms with Gasteiger partial charge >= 0.3 is 5.97 Å². The van der Waals surface area contributed by atoms with Crippen molar-refractivity contribution in [2.24, 2.45) is 0 Å². The highest BCUT2D eigenvalue weighted by atomic mass is 16.4. The van der Waals surface area contributed by atoms with Crippen molar-refractivity contribution in [2.45, 2.75) is 44.7 Å². The summed E-state index contributed by atoms with van der Waals surface area (Å²) >= 11 is 0. The highest BCUT2D eigenvalue weighted by molar-refractivity contribution is 5.92. The first-order valence-corrected chi connectivity index (χ1v) is 12.1. The number of anilines is 4. The number of carboxylic acid groups (broad SMARTS) is 1. The van der Waals surface area contributed by atoms with Crippen LogP contribution in [0.25, 0.3) is 10.8 Å². The Labute approximate surface area is 207 Å². The Morgan fingerprint density at radius 3 is 2.67 bits per heavy atom. The summed E-state index contributed by atoms with van der Waals surface area (Å²) in [6, 6.07) is 10.3. The molecule has 2 aromatic carbocycles. The Kier molecular flexibility index (Phi) is 6.37. The van der Waals surface area contributed by atoms with E-state index in [1.54, 1.807) is 18.6 Å². The van der Waals surface area contributed by atoms with Gasteiger partial charge in [0.05, 0.1) is 0 Å². The van der Waals surface area contributed by atoms with Crippen molar-refractivity contribution >= 4 is 39.6 Å². The molecule has 0 unspecified atom stereocenters. The number of aromatic nitrogens is 2. The zero-order chi connectivity index (χ0) is 25.2. The molecule has 0 radical (unpaired) electrons. The lowest BCUT2D eigenvalue weighted by Gasteiger charge is -2.37. The van der Waals surface area contributed by atoms with Crippen molar-refractivity contribution in [2.75, 3.05) is 22.1 Å². The third-order valence-electron chi connectivity index (χ3n) is 6.81. The zero-order valence-electron chi connectivity index (χ0n) is 19.9. The van der Waals surface area contributed by atoms with Crippen LogP contribution in [0.15, 0.2) is 64.6 Å². The number of hydrogen-bond donors (Lipinski definition) is 3. The molecule has 2 atom stereocenters. The first-order chi connectivity index (χ1) is 17.4. The van der Waals surface area contributed by atoms with Crippen LogP contribution >= 0.6 is 0 Å². The minimum absolute atomic E-state index is 0.121. The minimum Gasteiger partial charge on any atom is -0.480 e. The summed E-state index contributed by atoms with van der Waals surface area (Å²) in [6.45, 7) is 2.71. The van der Waals surface area contributed by atoms with Gasteiger partial charge < -0.3 is 20.6 Å². The number of rotatable bonds is 8. The number of carbonyl (C=O) groups is 1. The molecule has 2 aromatic heterocycles. The summed E-state index contributed by atoms with van der Waals surface area (Å²) in [4.78, 5) is 47.2. The van der Waals surface area contributed by atoms with E-state index >= 15 is 0 Å². The number of nitrogens with zero attached hydrogens (tertiary/aromatic N) is 3. The van der Waals surface area contributed by atoms with Crippen molar-refractivity contribution in [3.8, 4) is 0 Å². The monoisotopic (exact) mass is 485 g/mol. The number of carboxylic acids is 1. The molecule has 9 nitrogen and oxygen atoms in total. The molecular weight excluding hydrogens is 458 g/mol. The van der Waals surface area contributed by atoms with Gasteiger partial charge in [-0.1, -0.05) is 12.1 Å². The summed E-state index contributed by atoms with van der Waals surface area (Å²) in [5.41, 5.74) is 0.850. The van der Waals surface area contributed by atoms with E-state index < -0.39 is 22.9 Å². The Morgan fingerprint density at radius 2 is 1.92 bits per heavy atom. The van der Waals surface area contributed by atoms with Crippen molar-refractivity contribution in [3.63, 3.8) is 0 Å². The predicted molar refractivity (Wildman–Crippen MR) is 140 cm³/mol. The van der Waals surface area contributed by atoms with Crippen LogP contribution in [-0.4, -0.2) is 39.7 Å². The van der Waals surface area contributed by atoms with E-state index in [4.69, 9.17) is 0 Å². The normalized spacial score (nSPS) is 16.7. The number of benzene rings is 1. The summed E-state index contributed by atoms with van der Waals surface area (Å²) in [7, 11) is 0. The van der Waals surface area contributed by atoms with Crippen LogP contribution in [0.3, 0.4) is 0 Å². The number of pyridine rings is 2. The largest absolute Gasteiger partial charge is 0.480 e. The fourth-order valence-electron chi connectivity index (χ4n) is 4.81. The molecule has 3 N–H and O–H groups in total. The van der Waals surface area contributed by atoms with Crippen LogP contribution in [-0.2, 0) is 11.2 Å². The highest BCUT2D eigenvalue weighted by Gasteiger charge is 2.32. The lowest BCUT2D eigenvalue weighted by Crippen LogP contribution is -2.49. The molecule has 0 amide bonds. The second-order valence-corrected chi connectivity index (χ2v) is 9.24. The van der Waals surface area contributed by atoms with E-state index in [1.807, 2.05) is 48.2 Å². The van der Waals surface area contributed by atoms with Crippen LogP contribution in [0, 0.1) is 0 Å². The van der Waals surface area contributed by atoms with Gasteiger partial charge in [0.25, 0.3) is 10.9 Å². The molecule has 1 aliphatic rings. The van der Waals surface area contributed by atoms with Crippen LogP contribution in [0.5, 0.6) is 0 Å². The summed E-state index contributed by atoms with van der Waals surface area (Å²) < 4.78 is 0. The van der Waals surface area contributed by atoms with E-state index in [2.05, 4.69) is 20.6 Å². The molecule has 0 saturated carbocycles. The second-order valence-electron chi connectivity index (χ2n) is 9.24. The van der Waals surface area contributed by atoms with Crippen molar-refractivity contribution in [3.05, 3.63) is 81.0 Å². The number of fused-ring (bicyclic) bond motifs is 1. The SMILES string of the molecule is C[C@H]1CCCCN1c1c(N[C@@H](Cc2ccc(Nc3nccc4cnccc34)cc2)C(=O)O)c(=O)c1=O. The standard InChI is InChI=1S/C27H27N5O4/c1-16-4-2-3-13-32(16)23-22(24(33)25(23)34)31-21(27(35)36)14-17-5-7-19(8-6-17)30-26-20-10-11-28-15-18(20)9-12-29-26/h5-12,15-16,21,31H,2-4,13-14H2,1H3,(H,29,30)(H,35,36)/t16-,21-/m0/s1. The van der Waals surface area contributed by atoms with Gasteiger partial charge in [0.15, 0.2) is 0 Å². The molecule has 1 saturated heterocycles. The maximum absolute atomic E-state index is 12.3. The fourth-order valence-corrected chi connectivity index (χ4v) is 4.81. The average Bonchev–Trinajstić information content (AvgIpc) is 2.89. The smallest absolute Gasteiger partial charge is 0.326 e. The quantitative estimate of drug-likeness (QED) is 0.322. The lowest BCUT2D eigenvalue weighted by molar-refractivity contribution is -0.137. The molecule has 0 spiro atoms. The molecule has 1 aliphatic heterocycles. The fraction of sp³-hybridized carbons (Fsp3) is 0.296. The van der Waals surface area contributed by atoms with Gasteiger partial charge in [0, 0.05) is 54.1 Å².